The maximum Gasteiger partial charge on any atom is 0.282 e. The van der Waals surface area contributed by atoms with E-state index in [1.807, 2.05) is 67.5 Å². The number of hydrogen-bond acceptors (Lipinski definition) is 5. The van der Waals surface area contributed by atoms with Gasteiger partial charge in [-0.1, -0.05) is 36.4 Å². The van der Waals surface area contributed by atoms with Crippen LogP contribution in [0.4, 0.5) is 17.1 Å². The largest absolute Gasteiger partial charge is 0.497 e. The molecule has 0 saturated heterocycles. The number of anilines is 3. The predicted octanol–water partition coefficient (Wildman–Crippen LogP) is 4.16. The second-order valence-electron chi connectivity index (χ2n) is 7.33. The minimum atomic E-state index is -0.393. The monoisotopic (exact) mass is 413 g/mol. The number of rotatable bonds is 6. The Labute approximate surface area is 181 Å². The molecule has 2 amide bonds. The van der Waals surface area contributed by atoms with Crippen molar-refractivity contribution in [2.45, 2.75) is 0 Å². The van der Waals surface area contributed by atoms with Crippen molar-refractivity contribution in [2.75, 3.05) is 36.3 Å². The third-order valence-electron chi connectivity index (χ3n) is 5.11. The zero-order chi connectivity index (χ0) is 22.0. The fourth-order valence-corrected chi connectivity index (χ4v) is 3.48. The van der Waals surface area contributed by atoms with E-state index in [0.29, 0.717) is 22.6 Å². The molecule has 0 spiro atoms. The number of hydrogen-bond donors (Lipinski definition) is 1. The minimum absolute atomic E-state index is 0.247. The Morgan fingerprint density at radius 2 is 1.55 bits per heavy atom. The van der Waals surface area contributed by atoms with Gasteiger partial charge in [-0.3, -0.25) is 9.59 Å². The second kappa shape index (κ2) is 8.36. The van der Waals surface area contributed by atoms with Gasteiger partial charge in [0.05, 0.1) is 18.4 Å². The number of carbonyl (C=O) groups excluding carboxylic acids is 2. The summed E-state index contributed by atoms with van der Waals surface area (Å²) in [7, 11) is 5.41. The van der Waals surface area contributed by atoms with Crippen molar-refractivity contribution >= 4 is 34.4 Å². The van der Waals surface area contributed by atoms with Crippen LogP contribution in [0.25, 0.3) is 5.57 Å². The number of amides is 2. The summed E-state index contributed by atoms with van der Waals surface area (Å²) in [4.78, 5) is 30.1. The lowest BCUT2D eigenvalue weighted by molar-refractivity contribution is -0.120. The molecular weight excluding hydrogens is 390 g/mol. The normalized spacial score (nSPS) is 13.6. The third kappa shape index (κ3) is 3.88. The van der Waals surface area contributed by atoms with Crippen molar-refractivity contribution in [3.05, 3.63) is 90.1 Å². The molecule has 1 N–H and O–H groups in total. The Hall–Kier alpha value is -4.06. The lowest BCUT2D eigenvalue weighted by Crippen LogP contribution is -2.32. The van der Waals surface area contributed by atoms with Crippen LogP contribution in [0.5, 0.6) is 5.75 Å². The highest BCUT2D eigenvalue weighted by atomic mass is 16.5. The van der Waals surface area contributed by atoms with Gasteiger partial charge in [-0.05, 0) is 48.0 Å². The molecule has 6 nitrogen and oxygen atoms in total. The van der Waals surface area contributed by atoms with E-state index in [9.17, 15) is 9.59 Å². The summed E-state index contributed by atoms with van der Waals surface area (Å²) >= 11 is 0. The molecule has 0 bridgehead atoms. The Morgan fingerprint density at radius 1 is 0.839 bits per heavy atom. The van der Waals surface area contributed by atoms with Crippen LogP contribution in [0.3, 0.4) is 0 Å². The third-order valence-corrected chi connectivity index (χ3v) is 5.11. The van der Waals surface area contributed by atoms with Crippen LogP contribution < -0.4 is 19.9 Å². The Morgan fingerprint density at radius 3 is 2.19 bits per heavy atom. The van der Waals surface area contributed by atoms with Gasteiger partial charge < -0.3 is 15.0 Å². The summed E-state index contributed by atoms with van der Waals surface area (Å²) in [5.41, 5.74) is 3.37. The average molecular weight is 413 g/mol. The van der Waals surface area contributed by atoms with Crippen LogP contribution in [0.1, 0.15) is 5.56 Å². The highest BCUT2D eigenvalue weighted by Gasteiger charge is 2.40. The second-order valence-corrected chi connectivity index (χ2v) is 7.33. The van der Waals surface area contributed by atoms with E-state index in [0.717, 1.165) is 11.4 Å². The van der Waals surface area contributed by atoms with E-state index in [2.05, 4.69) is 5.32 Å². The molecule has 1 aliphatic rings. The number of benzene rings is 3. The molecule has 0 atom stereocenters. The van der Waals surface area contributed by atoms with Gasteiger partial charge in [-0.15, -0.1) is 0 Å². The smallest absolute Gasteiger partial charge is 0.282 e. The molecule has 3 aromatic carbocycles. The van der Waals surface area contributed by atoms with Crippen LogP contribution in [0, 0.1) is 0 Å². The number of nitrogens with one attached hydrogen (secondary N) is 1. The van der Waals surface area contributed by atoms with Crippen molar-refractivity contribution in [1.29, 1.82) is 0 Å². The number of imide groups is 1. The van der Waals surface area contributed by atoms with Gasteiger partial charge >= 0.3 is 0 Å². The molecule has 0 radical (unpaired) electrons. The molecule has 0 aliphatic carbocycles. The SMILES string of the molecule is COc1ccc(C2=C(Nc3ccccc3)C(=O)N(c3cccc(N(C)C)c3)C2=O)cc1. The molecule has 0 saturated carbocycles. The summed E-state index contributed by atoms with van der Waals surface area (Å²) in [5.74, 6) is -0.0886. The highest BCUT2D eigenvalue weighted by Crippen LogP contribution is 2.35. The van der Waals surface area contributed by atoms with Crippen molar-refractivity contribution in [2.24, 2.45) is 0 Å². The van der Waals surface area contributed by atoms with E-state index in [4.69, 9.17) is 4.74 Å². The topological polar surface area (TPSA) is 61.9 Å². The van der Waals surface area contributed by atoms with Crippen LogP contribution >= 0.6 is 0 Å². The molecular formula is C25H23N3O3. The van der Waals surface area contributed by atoms with Crippen LogP contribution in [0.2, 0.25) is 0 Å². The fraction of sp³-hybridized carbons (Fsp3) is 0.120. The summed E-state index contributed by atoms with van der Waals surface area (Å²) in [6.07, 6.45) is 0. The predicted molar refractivity (Wildman–Crippen MR) is 123 cm³/mol. The summed E-state index contributed by atoms with van der Waals surface area (Å²) in [5, 5.41) is 3.16. The summed E-state index contributed by atoms with van der Waals surface area (Å²) in [6.45, 7) is 0. The molecule has 0 fully saturated rings. The van der Waals surface area contributed by atoms with Crippen LogP contribution in [-0.2, 0) is 9.59 Å². The standard InChI is InChI=1S/C25H23N3O3/c1-27(2)19-10-7-11-20(16-19)28-24(29)22(17-12-14-21(31-3)15-13-17)23(25(28)30)26-18-8-5-4-6-9-18/h4-16,26H,1-3H3. The molecule has 156 valence electrons. The number of ether oxygens (including phenoxy) is 1. The average Bonchev–Trinajstić information content (AvgIpc) is 3.04. The van der Waals surface area contributed by atoms with Gasteiger partial charge in [-0.25, -0.2) is 4.90 Å². The zero-order valence-corrected chi connectivity index (χ0v) is 17.6. The number of nitrogens with zero attached hydrogens (tertiary/aromatic N) is 2. The lowest BCUT2D eigenvalue weighted by Gasteiger charge is -2.19. The quantitative estimate of drug-likeness (QED) is 0.615. The van der Waals surface area contributed by atoms with Gasteiger partial charge in [0, 0.05) is 25.5 Å². The first-order valence-electron chi connectivity index (χ1n) is 9.86. The fourth-order valence-electron chi connectivity index (χ4n) is 3.48. The number of carbonyl (C=O) groups is 2. The molecule has 0 unspecified atom stereocenters. The van der Waals surface area contributed by atoms with E-state index >= 15 is 0 Å². The highest BCUT2D eigenvalue weighted by molar-refractivity contribution is 6.46. The van der Waals surface area contributed by atoms with Crippen LogP contribution in [-0.4, -0.2) is 33.0 Å². The van der Waals surface area contributed by atoms with Crippen LogP contribution in [0.15, 0.2) is 84.6 Å². The molecule has 4 rings (SSSR count). The van der Waals surface area contributed by atoms with Crippen molar-refractivity contribution in [1.82, 2.24) is 0 Å². The maximum atomic E-state index is 13.5. The molecule has 1 aliphatic heterocycles. The Balaban J connectivity index is 1.80. The van der Waals surface area contributed by atoms with E-state index in [1.54, 1.807) is 37.4 Å². The number of para-hydroxylation sites is 1. The molecule has 3 aromatic rings. The van der Waals surface area contributed by atoms with Crippen molar-refractivity contribution < 1.29 is 14.3 Å². The first kappa shape index (κ1) is 20.2. The van der Waals surface area contributed by atoms with E-state index in [1.165, 1.54) is 4.90 Å². The molecule has 6 heteroatoms. The molecule has 31 heavy (non-hydrogen) atoms. The van der Waals surface area contributed by atoms with Gasteiger partial charge in [0.1, 0.15) is 11.4 Å². The molecule has 1 heterocycles. The van der Waals surface area contributed by atoms with Gasteiger partial charge in [0.25, 0.3) is 11.8 Å². The minimum Gasteiger partial charge on any atom is -0.497 e. The molecule has 0 aromatic heterocycles. The Kier molecular flexibility index (Phi) is 5.45. The van der Waals surface area contributed by atoms with Crippen molar-refractivity contribution in [3.8, 4) is 5.75 Å². The van der Waals surface area contributed by atoms with Gasteiger partial charge in [-0.2, -0.15) is 0 Å². The first-order valence-corrected chi connectivity index (χ1v) is 9.86. The first-order chi connectivity index (χ1) is 15.0. The summed E-state index contributed by atoms with van der Waals surface area (Å²) in [6, 6.07) is 23.8. The van der Waals surface area contributed by atoms with Gasteiger partial charge in [0.15, 0.2) is 0 Å². The van der Waals surface area contributed by atoms with Crippen molar-refractivity contribution in [3.63, 3.8) is 0 Å². The van der Waals surface area contributed by atoms with E-state index < -0.39 is 5.91 Å². The Bertz CT molecular complexity index is 1150. The maximum absolute atomic E-state index is 13.5. The lowest BCUT2D eigenvalue weighted by atomic mass is 10.0. The van der Waals surface area contributed by atoms with E-state index in [-0.39, 0.29) is 11.6 Å². The summed E-state index contributed by atoms with van der Waals surface area (Å²) < 4.78 is 5.23. The zero-order valence-electron chi connectivity index (χ0n) is 17.6. The van der Waals surface area contributed by atoms with Gasteiger partial charge in [0.2, 0.25) is 0 Å². The number of methoxy groups -OCH3 is 1.